The van der Waals surface area contributed by atoms with Crippen molar-refractivity contribution in [2.45, 2.75) is 25.2 Å². The minimum absolute atomic E-state index is 0.0735. The first-order valence-electron chi connectivity index (χ1n) is 7.59. The summed E-state index contributed by atoms with van der Waals surface area (Å²) < 4.78 is 5.03. The molecule has 0 radical (unpaired) electrons. The molecule has 0 heterocycles. The van der Waals surface area contributed by atoms with Crippen LogP contribution in [0.25, 0.3) is 0 Å². The van der Waals surface area contributed by atoms with Crippen LogP contribution >= 0.6 is 11.6 Å². The van der Waals surface area contributed by atoms with Gasteiger partial charge in [-0.1, -0.05) is 48.0 Å². The van der Waals surface area contributed by atoms with Crippen LogP contribution in [0.1, 0.15) is 29.0 Å². The molecular weight excluding hydrogens is 296 g/mol. The number of halogens is 1. The Hall–Kier alpha value is -1.80. The summed E-state index contributed by atoms with van der Waals surface area (Å²) in [5.74, 6) is -0.0115. The van der Waals surface area contributed by atoms with E-state index in [-0.39, 0.29) is 17.8 Å². The number of rotatable bonds is 3. The number of methoxy groups -OCH3 is 1. The maximum atomic E-state index is 12.2. The fraction of sp³-hybridized carbons (Fsp3) is 0.316. The molecule has 0 saturated heterocycles. The number of hydrogen-bond acceptors (Lipinski definition) is 2. The highest BCUT2D eigenvalue weighted by atomic mass is 35.5. The molecule has 0 bridgehead atoms. The molecule has 0 saturated carbocycles. The monoisotopic (exact) mass is 314 g/mol. The van der Waals surface area contributed by atoms with E-state index in [1.165, 1.54) is 23.8 Å². The Bertz CT molecular complexity index is 663. The van der Waals surface area contributed by atoms with Crippen LogP contribution in [0.3, 0.4) is 0 Å². The van der Waals surface area contributed by atoms with Crippen molar-refractivity contribution in [1.82, 2.24) is 0 Å². The van der Waals surface area contributed by atoms with Gasteiger partial charge in [0.2, 0.25) is 0 Å². The van der Waals surface area contributed by atoms with Crippen LogP contribution < -0.4 is 0 Å². The summed E-state index contributed by atoms with van der Waals surface area (Å²) in [7, 11) is 1.47. The van der Waals surface area contributed by atoms with E-state index in [9.17, 15) is 4.79 Å². The summed E-state index contributed by atoms with van der Waals surface area (Å²) in [6.45, 7) is 0. The van der Waals surface area contributed by atoms with Crippen LogP contribution in [-0.4, -0.2) is 13.1 Å². The predicted molar refractivity (Wildman–Crippen MR) is 88.2 cm³/mol. The minimum atomic E-state index is -0.103. The number of aryl methyl sites for hydroxylation is 1. The molecule has 2 atom stereocenters. The van der Waals surface area contributed by atoms with Gasteiger partial charge < -0.3 is 4.74 Å². The van der Waals surface area contributed by atoms with E-state index in [4.69, 9.17) is 16.3 Å². The lowest BCUT2D eigenvalue weighted by Crippen LogP contribution is -2.30. The van der Waals surface area contributed by atoms with Gasteiger partial charge in [-0.25, -0.2) is 0 Å². The van der Waals surface area contributed by atoms with Gasteiger partial charge >= 0.3 is 5.97 Å². The molecule has 2 aromatic rings. The second kappa shape index (κ2) is 6.53. The summed E-state index contributed by atoms with van der Waals surface area (Å²) in [6.07, 6.45) is 2.61. The second-order valence-corrected chi connectivity index (χ2v) is 6.24. The van der Waals surface area contributed by atoms with Gasteiger partial charge in [0.1, 0.15) is 0 Å². The van der Waals surface area contributed by atoms with Crippen molar-refractivity contribution < 1.29 is 9.53 Å². The highest BCUT2D eigenvalue weighted by Crippen LogP contribution is 2.39. The average Bonchev–Trinajstić information content (AvgIpc) is 2.56. The van der Waals surface area contributed by atoms with Crippen molar-refractivity contribution in [3.8, 4) is 0 Å². The average molecular weight is 315 g/mol. The van der Waals surface area contributed by atoms with Gasteiger partial charge in [0.15, 0.2) is 0 Å². The highest BCUT2D eigenvalue weighted by Gasteiger charge is 2.34. The fourth-order valence-corrected chi connectivity index (χ4v) is 3.54. The SMILES string of the molecule is COC(=O)C1CCc2ccccc2C1Cc1ccc(Cl)cc1. The normalized spacial score (nSPS) is 20.3. The van der Waals surface area contributed by atoms with E-state index in [2.05, 4.69) is 18.2 Å². The molecule has 0 aliphatic heterocycles. The third-order valence-electron chi connectivity index (χ3n) is 4.54. The molecule has 1 aliphatic rings. The van der Waals surface area contributed by atoms with Gasteiger partial charge in [-0.15, -0.1) is 0 Å². The lowest BCUT2D eigenvalue weighted by atomic mass is 9.72. The Morgan fingerprint density at radius 2 is 1.91 bits per heavy atom. The van der Waals surface area contributed by atoms with Crippen LogP contribution in [0.15, 0.2) is 48.5 Å². The molecule has 0 fully saturated rings. The summed E-state index contributed by atoms with van der Waals surface area (Å²) in [6, 6.07) is 16.3. The van der Waals surface area contributed by atoms with Crippen molar-refractivity contribution in [3.05, 3.63) is 70.2 Å². The molecule has 3 heteroatoms. The van der Waals surface area contributed by atoms with Gasteiger partial charge in [-0.3, -0.25) is 4.79 Å². The molecule has 2 nitrogen and oxygen atoms in total. The maximum absolute atomic E-state index is 12.2. The molecule has 2 aromatic carbocycles. The van der Waals surface area contributed by atoms with Gasteiger partial charge in [0.25, 0.3) is 0 Å². The fourth-order valence-electron chi connectivity index (χ4n) is 3.41. The number of carbonyl (C=O) groups excluding carboxylic acids is 1. The molecule has 22 heavy (non-hydrogen) atoms. The summed E-state index contributed by atoms with van der Waals surface area (Å²) in [5, 5.41) is 0.734. The van der Waals surface area contributed by atoms with Gasteiger partial charge in [-0.05, 0) is 48.1 Å². The summed E-state index contributed by atoms with van der Waals surface area (Å²) in [4.78, 5) is 12.2. The van der Waals surface area contributed by atoms with Crippen LogP contribution in [-0.2, 0) is 22.4 Å². The largest absolute Gasteiger partial charge is 0.469 e. The van der Waals surface area contributed by atoms with Crippen molar-refractivity contribution in [2.24, 2.45) is 5.92 Å². The van der Waals surface area contributed by atoms with Crippen molar-refractivity contribution in [2.75, 3.05) is 7.11 Å². The minimum Gasteiger partial charge on any atom is -0.469 e. The van der Waals surface area contributed by atoms with Crippen molar-refractivity contribution >= 4 is 17.6 Å². The molecule has 0 aromatic heterocycles. The van der Waals surface area contributed by atoms with Crippen LogP contribution in [0.5, 0.6) is 0 Å². The van der Waals surface area contributed by atoms with E-state index in [0.29, 0.717) is 0 Å². The summed E-state index contributed by atoms with van der Waals surface area (Å²) >= 11 is 5.96. The zero-order valence-electron chi connectivity index (χ0n) is 12.6. The smallest absolute Gasteiger partial charge is 0.309 e. The number of benzene rings is 2. The quantitative estimate of drug-likeness (QED) is 0.785. The van der Waals surface area contributed by atoms with Crippen molar-refractivity contribution in [1.29, 1.82) is 0 Å². The van der Waals surface area contributed by atoms with E-state index in [1.54, 1.807) is 0 Å². The summed E-state index contributed by atoms with van der Waals surface area (Å²) in [5.41, 5.74) is 3.82. The Balaban J connectivity index is 1.94. The lowest BCUT2D eigenvalue weighted by molar-refractivity contribution is -0.146. The van der Waals surface area contributed by atoms with Crippen LogP contribution in [0.2, 0.25) is 5.02 Å². The zero-order chi connectivity index (χ0) is 15.5. The van der Waals surface area contributed by atoms with Gasteiger partial charge in [0.05, 0.1) is 13.0 Å². The molecule has 3 rings (SSSR count). The van der Waals surface area contributed by atoms with Crippen LogP contribution in [0.4, 0.5) is 0 Å². The number of esters is 1. The molecular formula is C19H19ClO2. The third-order valence-corrected chi connectivity index (χ3v) is 4.79. The van der Waals surface area contributed by atoms with E-state index in [0.717, 1.165) is 24.3 Å². The molecule has 2 unspecified atom stereocenters. The van der Waals surface area contributed by atoms with E-state index >= 15 is 0 Å². The van der Waals surface area contributed by atoms with Crippen molar-refractivity contribution in [3.63, 3.8) is 0 Å². The third kappa shape index (κ3) is 3.02. The van der Waals surface area contributed by atoms with Gasteiger partial charge in [0, 0.05) is 10.9 Å². The zero-order valence-corrected chi connectivity index (χ0v) is 13.3. The highest BCUT2D eigenvalue weighted by molar-refractivity contribution is 6.30. The molecule has 0 spiro atoms. The first kappa shape index (κ1) is 15.1. The number of hydrogen-bond donors (Lipinski definition) is 0. The standard InChI is InChI=1S/C19H19ClO2/c1-22-19(21)17-11-8-14-4-2-3-5-16(14)18(17)12-13-6-9-15(20)10-7-13/h2-7,9-10,17-18H,8,11-12H2,1H3. The Morgan fingerprint density at radius 1 is 1.18 bits per heavy atom. The first-order valence-corrected chi connectivity index (χ1v) is 7.97. The number of ether oxygens (including phenoxy) is 1. The predicted octanol–water partition coefficient (Wildman–Crippen LogP) is 4.40. The lowest BCUT2D eigenvalue weighted by Gasteiger charge is -2.32. The van der Waals surface area contributed by atoms with Gasteiger partial charge in [-0.2, -0.15) is 0 Å². The van der Waals surface area contributed by atoms with Crippen LogP contribution in [0, 0.1) is 5.92 Å². The Morgan fingerprint density at radius 3 is 2.64 bits per heavy atom. The molecule has 114 valence electrons. The maximum Gasteiger partial charge on any atom is 0.309 e. The van der Waals surface area contributed by atoms with E-state index < -0.39 is 0 Å². The number of fused-ring (bicyclic) bond motifs is 1. The second-order valence-electron chi connectivity index (χ2n) is 5.80. The Kier molecular flexibility index (Phi) is 4.49. The molecule has 0 amide bonds. The Labute approximate surface area is 136 Å². The molecule has 0 N–H and O–H groups in total. The molecule has 1 aliphatic carbocycles. The number of carbonyl (C=O) groups is 1. The van der Waals surface area contributed by atoms with E-state index in [1.807, 2.05) is 30.3 Å². The topological polar surface area (TPSA) is 26.3 Å². The first-order chi connectivity index (χ1) is 10.7.